The Morgan fingerprint density at radius 1 is 1.33 bits per heavy atom. The number of H-pyrrole nitrogens is 1. The van der Waals surface area contributed by atoms with Crippen molar-refractivity contribution >= 4 is 5.91 Å². The van der Waals surface area contributed by atoms with E-state index in [0.29, 0.717) is 6.54 Å². The Morgan fingerprint density at radius 3 is 2.54 bits per heavy atom. The summed E-state index contributed by atoms with van der Waals surface area (Å²) in [4.78, 5) is 16.7. The van der Waals surface area contributed by atoms with Gasteiger partial charge >= 0.3 is 6.18 Å². The molecule has 0 unspecified atom stereocenters. The van der Waals surface area contributed by atoms with Crippen LogP contribution in [0.5, 0.6) is 0 Å². The number of aromatic nitrogens is 2. The molecule has 6 nitrogen and oxygen atoms in total. The predicted molar refractivity (Wildman–Crippen MR) is 81.5 cm³/mol. The predicted octanol–water partition coefficient (Wildman–Crippen LogP) is 1.19. The van der Waals surface area contributed by atoms with Gasteiger partial charge in [-0.05, 0) is 19.9 Å². The molecule has 2 aliphatic rings. The third-order valence-electron chi connectivity index (χ3n) is 4.85. The molecule has 3 rings (SSSR count). The largest absolute Gasteiger partial charge is 0.432 e. The molecular formula is C15H22F3N5O. The Kier molecular flexibility index (Phi) is 4.56. The second-order valence-electron chi connectivity index (χ2n) is 6.93. The Labute approximate surface area is 138 Å². The van der Waals surface area contributed by atoms with Gasteiger partial charge in [-0.15, -0.1) is 0 Å². The van der Waals surface area contributed by atoms with Crippen molar-refractivity contribution in [1.82, 2.24) is 25.3 Å². The highest BCUT2D eigenvalue weighted by Crippen LogP contribution is 2.45. The number of rotatable bonds is 5. The van der Waals surface area contributed by atoms with E-state index in [0.717, 1.165) is 51.6 Å². The van der Waals surface area contributed by atoms with Gasteiger partial charge in [0.1, 0.15) is 5.69 Å². The average Bonchev–Trinajstić information content (AvgIpc) is 3.08. The molecule has 1 aliphatic carbocycles. The Bertz CT molecular complexity index is 588. The van der Waals surface area contributed by atoms with Crippen LogP contribution in [0.25, 0.3) is 0 Å². The molecule has 2 fully saturated rings. The average molecular weight is 345 g/mol. The summed E-state index contributed by atoms with van der Waals surface area (Å²) in [5.41, 5.74) is -1.17. The fourth-order valence-electron chi connectivity index (χ4n) is 2.99. The fraction of sp³-hybridized carbons (Fsp3) is 0.733. The zero-order valence-electron chi connectivity index (χ0n) is 13.6. The van der Waals surface area contributed by atoms with E-state index in [2.05, 4.69) is 27.3 Å². The molecule has 9 heteroatoms. The van der Waals surface area contributed by atoms with Gasteiger partial charge in [-0.1, -0.05) is 0 Å². The van der Waals surface area contributed by atoms with Crippen LogP contribution in [0, 0.1) is 5.41 Å². The van der Waals surface area contributed by atoms with Gasteiger partial charge in [0.25, 0.3) is 5.91 Å². The molecule has 0 radical (unpaired) electrons. The molecular weight excluding hydrogens is 323 g/mol. The normalized spacial score (nSPS) is 21.7. The third kappa shape index (κ3) is 4.07. The minimum Gasteiger partial charge on any atom is -0.350 e. The summed E-state index contributed by atoms with van der Waals surface area (Å²) in [6, 6.07) is 0.745. The van der Waals surface area contributed by atoms with Gasteiger partial charge < -0.3 is 15.1 Å². The molecule has 1 saturated heterocycles. The smallest absolute Gasteiger partial charge is 0.350 e. The number of carbonyl (C=O) groups is 1. The lowest BCUT2D eigenvalue weighted by Crippen LogP contribution is -2.47. The number of hydrogen-bond donors (Lipinski definition) is 2. The summed E-state index contributed by atoms with van der Waals surface area (Å²) in [7, 11) is 2.10. The number of piperazine rings is 1. The lowest BCUT2D eigenvalue weighted by atomic mass is 10.1. The van der Waals surface area contributed by atoms with Crippen molar-refractivity contribution in [1.29, 1.82) is 0 Å². The third-order valence-corrected chi connectivity index (χ3v) is 4.85. The monoisotopic (exact) mass is 345 g/mol. The minimum atomic E-state index is -4.52. The molecule has 2 N–H and O–H groups in total. The first-order valence-corrected chi connectivity index (χ1v) is 8.09. The van der Waals surface area contributed by atoms with Gasteiger partial charge in [0, 0.05) is 50.7 Å². The molecule has 0 atom stereocenters. The highest BCUT2D eigenvalue weighted by molar-refractivity contribution is 5.92. The number of carbonyl (C=O) groups excluding carboxylic acids is 1. The van der Waals surface area contributed by atoms with Gasteiger partial charge in [0.2, 0.25) is 0 Å². The number of amides is 1. The van der Waals surface area contributed by atoms with E-state index in [1.165, 1.54) is 0 Å². The zero-order chi connectivity index (χ0) is 17.4. The lowest BCUT2D eigenvalue weighted by Gasteiger charge is -2.34. The Morgan fingerprint density at radius 2 is 2.00 bits per heavy atom. The van der Waals surface area contributed by atoms with Crippen molar-refractivity contribution in [3.8, 4) is 0 Å². The highest BCUT2D eigenvalue weighted by atomic mass is 19.4. The number of nitrogens with zero attached hydrogens (tertiary/aromatic N) is 3. The van der Waals surface area contributed by atoms with Crippen LogP contribution in [0.2, 0.25) is 0 Å². The summed E-state index contributed by atoms with van der Waals surface area (Å²) in [6.45, 7) is 5.51. The molecule has 0 aromatic carbocycles. The first-order chi connectivity index (χ1) is 11.3. The van der Waals surface area contributed by atoms with E-state index in [1.807, 2.05) is 5.10 Å². The number of hydrogen-bond acceptors (Lipinski definition) is 4. The van der Waals surface area contributed by atoms with Crippen molar-refractivity contribution in [2.24, 2.45) is 5.41 Å². The molecule has 0 bridgehead atoms. The van der Waals surface area contributed by atoms with E-state index in [9.17, 15) is 18.0 Å². The maximum Gasteiger partial charge on any atom is 0.432 e. The number of halogens is 3. The second kappa shape index (κ2) is 6.36. The van der Waals surface area contributed by atoms with E-state index in [-0.39, 0.29) is 11.1 Å². The number of aromatic amines is 1. The van der Waals surface area contributed by atoms with Gasteiger partial charge in [-0.25, -0.2) is 0 Å². The molecule has 134 valence electrons. The molecule has 0 spiro atoms. The molecule has 1 aromatic heterocycles. The summed E-state index contributed by atoms with van der Waals surface area (Å²) in [5.74, 6) is -0.564. The van der Waals surface area contributed by atoms with Crippen LogP contribution in [0.15, 0.2) is 6.07 Å². The van der Waals surface area contributed by atoms with Crippen molar-refractivity contribution < 1.29 is 18.0 Å². The van der Waals surface area contributed by atoms with Crippen LogP contribution in [-0.4, -0.2) is 72.2 Å². The number of alkyl halides is 3. The molecule has 24 heavy (non-hydrogen) atoms. The number of likely N-dealkylation sites (N-methyl/N-ethyl adjacent to an activating group) is 1. The van der Waals surface area contributed by atoms with Gasteiger partial charge in [0.15, 0.2) is 5.69 Å². The molecule has 2 heterocycles. The van der Waals surface area contributed by atoms with Crippen LogP contribution < -0.4 is 5.32 Å². The summed E-state index contributed by atoms with van der Waals surface area (Å²) < 4.78 is 37.6. The molecule has 1 amide bonds. The van der Waals surface area contributed by atoms with Crippen LogP contribution in [0.3, 0.4) is 0 Å². The Balaban J connectivity index is 1.50. The van der Waals surface area contributed by atoms with Crippen LogP contribution in [-0.2, 0) is 6.18 Å². The van der Waals surface area contributed by atoms with Gasteiger partial charge in [-0.3, -0.25) is 9.89 Å². The Hall–Kier alpha value is -1.61. The van der Waals surface area contributed by atoms with Crippen LogP contribution >= 0.6 is 0 Å². The van der Waals surface area contributed by atoms with E-state index in [1.54, 1.807) is 0 Å². The zero-order valence-corrected chi connectivity index (χ0v) is 13.6. The quantitative estimate of drug-likeness (QED) is 0.841. The maximum atomic E-state index is 12.5. The van der Waals surface area contributed by atoms with Gasteiger partial charge in [0.05, 0.1) is 0 Å². The first kappa shape index (κ1) is 17.2. The standard InChI is InChI=1S/C15H22F3N5O/c1-22-4-6-23(7-5-22)10-14(2-3-14)9-19-13(24)11-8-12(21-20-11)15(16,17)18/h8H,2-7,9-10H2,1H3,(H,19,24)(H,20,21). The van der Waals surface area contributed by atoms with Crippen molar-refractivity contribution in [2.45, 2.75) is 19.0 Å². The highest BCUT2D eigenvalue weighted by Gasteiger charge is 2.44. The SMILES string of the molecule is CN1CCN(CC2(CNC(=O)c3cc(C(F)(F)F)[nH]n3)CC2)CC1. The van der Waals surface area contributed by atoms with Crippen molar-refractivity contribution in [3.05, 3.63) is 17.5 Å². The fourth-order valence-corrected chi connectivity index (χ4v) is 2.99. The topological polar surface area (TPSA) is 64.3 Å². The van der Waals surface area contributed by atoms with Crippen LogP contribution in [0.4, 0.5) is 13.2 Å². The number of nitrogens with one attached hydrogen (secondary N) is 2. The van der Waals surface area contributed by atoms with E-state index >= 15 is 0 Å². The summed E-state index contributed by atoms with van der Waals surface area (Å²) in [6.07, 6.45) is -2.45. The minimum absolute atomic E-state index is 0.0642. The van der Waals surface area contributed by atoms with Crippen LogP contribution in [0.1, 0.15) is 29.0 Å². The van der Waals surface area contributed by atoms with E-state index < -0.39 is 17.8 Å². The van der Waals surface area contributed by atoms with Crippen molar-refractivity contribution in [2.75, 3.05) is 46.3 Å². The van der Waals surface area contributed by atoms with E-state index in [4.69, 9.17) is 0 Å². The summed E-state index contributed by atoms with van der Waals surface area (Å²) >= 11 is 0. The second-order valence-corrected chi connectivity index (χ2v) is 6.93. The maximum absolute atomic E-state index is 12.5. The first-order valence-electron chi connectivity index (χ1n) is 8.09. The lowest BCUT2D eigenvalue weighted by molar-refractivity contribution is -0.141. The van der Waals surface area contributed by atoms with Gasteiger partial charge in [-0.2, -0.15) is 18.3 Å². The van der Waals surface area contributed by atoms with Crippen molar-refractivity contribution in [3.63, 3.8) is 0 Å². The summed E-state index contributed by atoms with van der Waals surface area (Å²) in [5, 5.41) is 8.05. The molecule has 1 aromatic rings. The molecule has 1 saturated carbocycles. The molecule has 1 aliphatic heterocycles.